The van der Waals surface area contributed by atoms with E-state index in [4.69, 9.17) is 11.6 Å². The maximum Gasteiger partial charge on any atom is 0.233 e. The molecule has 0 bridgehead atoms. The molecular weight excluding hydrogens is 166 g/mol. The molecule has 0 aromatic rings. The van der Waals surface area contributed by atoms with Gasteiger partial charge < -0.3 is 5.73 Å². The molecule has 1 unspecified atom stereocenters. The number of rotatable bonds is 7. The Hall–Kier alpha value is -0.610. The van der Waals surface area contributed by atoms with Gasteiger partial charge in [-0.25, -0.2) is 5.84 Å². The number of carbonyl (C=O) groups excluding carboxylic acids is 1. The van der Waals surface area contributed by atoms with Crippen molar-refractivity contribution in [1.29, 1.82) is 0 Å². The van der Waals surface area contributed by atoms with Crippen LogP contribution in [0.4, 0.5) is 0 Å². The third-order valence-electron chi connectivity index (χ3n) is 2.21. The van der Waals surface area contributed by atoms with Crippen LogP contribution in [-0.4, -0.2) is 12.5 Å². The van der Waals surface area contributed by atoms with Gasteiger partial charge in [0.15, 0.2) is 0 Å². The standard InChI is InChI=1S/C9H21N3O/c1-2-3-8(6-7-10)4-5-9(13)12-11/h8H,2-7,10-11H2,1H3,(H,12,13). The topological polar surface area (TPSA) is 81.1 Å². The fourth-order valence-electron chi connectivity index (χ4n) is 1.48. The molecule has 0 saturated carbocycles. The average Bonchev–Trinajstić information content (AvgIpc) is 2.14. The summed E-state index contributed by atoms with van der Waals surface area (Å²) in [5.74, 6) is 5.47. The van der Waals surface area contributed by atoms with Crippen LogP contribution in [0.5, 0.6) is 0 Å². The van der Waals surface area contributed by atoms with Crippen LogP contribution in [0.1, 0.15) is 39.0 Å². The van der Waals surface area contributed by atoms with Crippen molar-refractivity contribution in [2.75, 3.05) is 6.54 Å². The van der Waals surface area contributed by atoms with Gasteiger partial charge in [0, 0.05) is 6.42 Å². The van der Waals surface area contributed by atoms with Crippen LogP contribution in [-0.2, 0) is 4.79 Å². The summed E-state index contributed by atoms with van der Waals surface area (Å²) in [4.78, 5) is 10.9. The molecule has 0 aromatic heterocycles. The summed E-state index contributed by atoms with van der Waals surface area (Å²) in [5, 5.41) is 0. The van der Waals surface area contributed by atoms with E-state index in [-0.39, 0.29) is 5.91 Å². The minimum atomic E-state index is -0.0851. The molecule has 1 amide bonds. The maximum atomic E-state index is 10.9. The van der Waals surface area contributed by atoms with Gasteiger partial charge in [0.25, 0.3) is 0 Å². The van der Waals surface area contributed by atoms with Crippen LogP contribution in [0, 0.1) is 5.92 Å². The van der Waals surface area contributed by atoms with E-state index in [2.05, 4.69) is 12.3 Å². The molecule has 4 heteroatoms. The molecule has 13 heavy (non-hydrogen) atoms. The third-order valence-corrected chi connectivity index (χ3v) is 2.21. The van der Waals surface area contributed by atoms with Crippen molar-refractivity contribution in [3.63, 3.8) is 0 Å². The molecule has 0 radical (unpaired) electrons. The van der Waals surface area contributed by atoms with Crippen molar-refractivity contribution in [2.45, 2.75) is 39.0 Å². The molecule has 0 heterocycles. The van der Waals surface area contributed by atoms with Gasteiger partial charge in [0.05, 0.1) is 0 Å². The SMILES string of the molecule is CCCC(CCN)CCC(=O)NN. The number of amides is 1. The van der Waals surface area contributed by atoms with Gasteiger partial charge in [-0.05, 0) is 25.3 Å². The summed E-state index contributed by atoms with van der Waals surface area (Å²) in [7, 11) is 0. The minimum Gasteiger partial charge on any atom is -0.330 e. The summed E-state index contributed by atoms with van der Waals surface area (Å²) in [6.07, 6.45) is 4.71. The zero-order valence-electron chi connectivity index (χ0n) is 8.38. The van der Waals surface area contributed by atoms with Crippen LogP contribution < -0.4 is 17.0 Å². The highest BCUT2D eigenvalue weighted by Gasteiger charge is 2.08. The second-order valence-electron chi connectivity index (χ2n) is 3.34. The first-order valence-electron chi connectivity index (χ1n) is 4.94. The fraction of sp³-hybridized carbons (Fsp3) is 0.889. The monoisotopic (exact) mass is 187 g/mol. The van der Waals surface area contributed by atoms with E-state index in [0.717, 1.165) is 25.7 Å². The lowest BCUT2D eigenvalue weighted by molar-refractivity contribution is -0.121. The lowest BCUT2D eigenvalue weighted by Crippen LogP contribution is -2.30. The van der Waals surface area contributed by atoms with E-state index >= 15 is 0 Å². The van der Waals surface area contributed by atoms with Gasteiger partial charge in [-0.1, -0.05) is 19.8 Å². The van der Waals surface area contributed by atoms with E-state index in [1.807, 2.05) is 0 Å². The molecule has 0 fully saturated rings. The largest absolute Gasteiger partial charge is 0.330 e. The van der Waals surface area contributed by atoms with E-state index in [9.17, 15) is 4.79 Å². The fourth-order valence-corrected chi connectivity index (χ4v) is 1.48. The summed E-state index contributed by atoms with van der Waals surface area (Å²) in [6, 6.07) is 0. The predicted molar refractivity (Wildman–Crippen MR) is 53.6 cm³/mol. The Labute approximate surface area is 80.0 Å². The highest BCUT2D eigenvalue weighted by Crippen LogP contribution is 2.16. The van der Waals surface area contributed by atoms with Crippen LogP contribution in [0.25, 0.3) is 0 Å². The zero-order valence-corrected chi connectivity index (χ0v) is 8.38. The third kappa shape index (κ3) is 6.54. The number of hydrogen-bond donors (Lipinski definition) is 3. The van der Waals surface area contributed by atoms with Crippen LogP contribution in [0.15, 0.2) is 0 Å². The molecule has 0 spiro atoms. The molecule has 78 valence electrons. The Kier molecular flexibility index (Phi) is 7.63. The Morgan fingerprint density at radius 3 is 2.54 bits per heavy atom. The lowest BCUT2D eigenvalue weighted by Gasteiger charge is -2.13. The predicted octanol–water partition coefficient (Wildman–Crippen LogP) is 0.522. The Balaban J connectivity index is 3.61. The van der Waals surface area contributed by atoms with Crippen molar-refractivity contribution in [1.82, 2.24) is 5.43 Å². The summed E-state index contributed by atoms with van der Waals surface area (Å²) in [5.41, 5.74) is 7.61. The van der Waals surface area contributed by atoms with Crippen molar-refractivity contribution in [2.24, 2.45) is 17.5 Å². The molecule has 0 aliphatic heterocycles. The average molecular weight is 187 g/mol. The lowest BCUT2D eigenvalue weighted by atomic mass is 9.94. The van der Waals surface area contributed by atoms with Crippen molar-refractivity contribution < 1.29 is 4.79 Å². The molecule has 0 aliphatic rings. The summed E-state index contributed by atoms with van der Waals surface area (Å²) < 4.78 is 0. The van der Waals surface area contributed by atoms with Crippen molar-refractivity contribution in [3.05, 3.63) is 0 Å². The highest BCUT2D eigenvalue weighted by atomic mass is 16.2. The number of carbonyl (C=O) groups is 1. The molecule has 4 nitrogen and oxygen atoms in total. The first-order chi connectivity index (χ1) is 6.24. The maximum absolute atomic E-state index is 10.9. The number of nitrogens with two attached hydrogens (primary N) is 2. The van der Waals surface area contributed by atoms with Crippen molar-refractivity contribution >= 4 is 5.91 Å². The van der Waals surface area contributed by atoms with Crippen LogP contribution >= 0.6 is 0 Å². The van der Waals surface area contributed by atoms with Gasteiger partial charge in [0.1, 0.15) is 0 Å². The molecule has 5 N–H and O–H groups in total. The number of hydrogen-bond acceptors (Lipinski definition) is 3. The van der Waals surface area contributed by atoms with E-state index in [1.165, 1.54) is 0 Å². The van der Waals surface area contributed by atoms with E-state index < -0.39 is 0 Å². The zero-order chi connectivity index (χ0) is 10.1. The van der Waals surface area contributed by atoms with E-state index in [0.29, 0.717) is 18.9 Å². The first-order valence-corrected chi connectivity index (χ1v) is 4.94. The minimum absolute atomic E-state index is 0.0851. The second kappa shape index (κ2) is 8.01. The molecule has 0 saturated heterocycles. The van der Waals surface area contributed by atoms with Gasteiger partial charge in [0.2, 0.25) is 5.91 Å². The molecule has 0 aliphatic carbocycles. The molecule has 1 atom stereocenters. The van der Waals surface area contributed by atoms with Crippen LogP contribution in [0.2, 0.25) is 0 Å². The Morgan fingerprint density at radius 1 is 1.38 bits per heavy atom. The highest BCUT2D eigenvalue weighted by molar-refractivity contribution is 5.75. The Bertz CT molecular complexity index is 133. The second-order valence-corrected chi connectivity index (χ2v) is 3.34. The van der Waals surface area contributed by atoms with Gasteiger partial charge in [-0.2, -0.15) is 0 Å². The van der Waals surface area contributed by atoms with Crippen molar-refractivity contribution in [3.8, 4) is 0 Å². The molecule has 0 rings (SSSR count). The first kappa shape index (κ1) is 12.4. The quantitative estimate of drug-likeness (QED) is 0.309. The van der Waals surface area contributed by atoms with Crippen LogP contribution in [0.3, 0.4) is 0 Å². The smallest absolute Gasteiger partial charge is 0.233 e. The number of hydrazine groups is 1. The molecular formula is C9H21N3O. The number of nitrogens with one attached hydrogen (secondary N) is 1. The normalized spacial score (nSPS) is 12.5. The van der Waals surface area contributed by atoms with E-state index in [1.54, 1.807) is 0 Å². The summed E-state index contributed by atoms with van der Waals surface area (Å²) in [6.45, 7) is 2.85. The Morgan fingerprint density at radius 2 is 2.08 bits per heavy atom. The summed E-state index contributed by atoms with van der Waals surface area (Å²) >= 11 is 0. The van der Waals surface area contributed by atoms with Gasteiger partial charge >= 0.3 is 0 Å². The molecule has 0 aromatic carbocycles. The van der Waals surface area contributed by atoms with Gasteiger partial charge in [-0.3, -0.25) is 10.2 Å². The van der Waals surface area contributed by atoms with Gasteiger partial charge in [-0.15, -0.1) is 0 Å².